The van der Waals surface area contributed by atoms with Gasteiger partial charge >= 0.3 is 6.61 Å². The minimum absolute atomic E-state index is 0.0826. The number of nitrogens with zero attached hydrogens (tertiary/aromatic N) is 4. The number of anilines is 1. The molecule has 0 aliphatic carbocycles. The first-order valence-corrected chi connectivity index (χ1v) is 9.07. The summed E-state index contributed by atoms with van der Waals surface area (Å²) in [7, 11) is 1.48. The lowest BCUT2D eigenvalue weighted by Crippen LogP contribution is -2.22. The summed E-state index contributed by atoms with van der Waals surface area (Å²) in [5.41, 5.74) is 0.338. The van der Waals surface area contributed by atoms with E-state index in [1.54, 1.807) is 24.3 Å². The van der Waals surface area contributed by atoms with Crippen molar-refractivity contribution >= 4 is 22.5 Å². The Morgan fingerprint density at radius 1 is 1.13 bits per heavy atom. The zero-order chi connectivity index (χ0) is 22.0. The number of alkyl halides is 2. The van der Waals surface area contributed by atoms with Gasteiger partial charge in [-0.2, -0.15) is 8.78 Å². The molecular weight excluding hydrogens is 408 g/mol. The molecular formula is C21H15F2N5O3. The Bertz CT molecular complexity index is 1330. The highest BCUT2D eigenvalue weighted by Gasteiger charge is 2.18. The number of para-hydroxylation sites is 2. The van der Waals surface area contributed by atoms with Crippen molar-refractivity contribution in [3.05, 3.63) is 77.1 Å². The summed E-state index contributed by atoms with van der Waals surface area (Å²) in [6.45, 7) is -3.04. The van der Waals surface area contributed by atoms with Crippen LogP contribution in [-0.4, -0.2) is 32.0 Å². The number of rotatable bonds is 5. The summed E-state index contributed by atoms with van der Waals surface area (Å²) in [6, 6.07) is 10.8. The maximum Gasteiger partial charge on any atom is 0.387 e. The molecule has 0 saturated heterocycles. The number of nitrogens with one attached hydrogen (secondary N) is 1. The van der Waals surface area contributed by atoms with E-state index in [1.807, 2.05) is 0 Å². The fraction of sp³-hybridized carbons (Fsp3) is 0.0952. The van der Waals surface area contributed by atoms with Crippen LogP contribution in [0.15, 0.2) is 65.8 Å². The maximum atomic E-state index is 13.0. The number of carbonyl (C=O) groups is 1. The highest BCUT2D eigenvalue weighted by Crippen LogP contribution is 2.31. The molecule has 0 fully saturated rings. The molecule has 0 saturated carbocycles. The molecule has 156 valence electrons. The maximum absolute atomic E-state index is 13.0. The Morgan fingerprint density at radius 3 is 2.68 bits per heavy atom. The number of amides is 1. The summed E-state index contributed by atoms with van der Waals surface area (Å²) in [4.78, 5) is 37.8. The zero-order valence-corrected chi connectivity index (χ0v) is 16.1. The first-order valence-electron chi connectivity index (χ1n) is 9.07. The Labute approximate surface area is 174 Å². The molecule has 0 aliphatic rings. The van der Waals surface area contributed by atoms with Gasteiger partial charge in [-0.1, -0.05) is 18.2 Å². The van der Waals surface area contributed by atoms with Gasteiger partial charge < -0.3 is 10.1 Å². The second-order valence-electron chi connectivity index (χ2n) is 6.42. The van der Waals surface area contributed by atoms with E-state index in [9.17, 15) is 18.4 Å². The van der Waals surface area contributed by atoms with Crippen LogP contribution in [0.4, 0.5) is 14.5 Å². The highest BCUT2D eigenvalue weighted by molar-refractivity contribution is 6.07. The van der Waals surface area contributed by atoms with Crippen LogP contribution in [0.3, 0.4) is 0 Å². The third-order valence-electron chi connectivity index (χ3n) is 4.49. The van der Waals surface area contributed by atoms with E-state index in [1.165, 1.54) is 48.4 Å². The molecule has 4 aromatic rings. The van der Waals surface area contributed by atoms with Gasteiger partial charge in [-0.15, -0.1) is 0 Å². The molecule has 0 unspecified atom stereocenters. The second-order valence-corrected chi connectivity index (χ2v) is 6.42. The second kappa shape index (κ2) is 8.27. The van der Waals surface area contributed by atoms with E-state index in [4.69, 9.17) is 0 Å². The van der Waals surface area contributed by atoms with Gasteiger partial charge in [0, 0.05) is 19.4 Å². The molecule has 31 heavy (non-hydrogen) atoms. The van der Waals surface area contributed by atoms with Crippen molar-refractivity contribution in [3.8, 4) is 17.1 Å². The fourth-order valence-corrected chi connectivity index (χ4v) is 3.09. The van der Waals surface area contributed by atoms with Crippen molar-refractivity contribution in [2.75, 3.05) is 5.32 Å². The van der Waals surface area contributed by atoms with Crippen LogP contribution < -0.4 is 15.6 Å². The highest BCUT2D eigenvalue weighted by atomic mass is 19.3. The van der Waals surface area contributed by atoms with E-state index in [-0.39, 0.29) is 39.4 Å². The standard InChI is InChI=1S/C21H15F2N5O3/c1-28-18(12-5-2-3-8-16(12)31-21(22)23)27-17-13(20(28)30)6-4-7-14(17)26-19(29)15-11-24-9-10-25-15/h2-11,21H,1H3,(H,26,29). The Morgan fingerprint density at radius 2 is 1.94 bits per heavy atom. The molecule has 2 aromatic carbocycles. The zero-order valence-electron chi connectivity index (χ0n) is 16.1. The molecule has 2 aromatic heterocycles. The molecule has 0 spiro atoms. The molecule has 0 aliphatic heterocycles. The smallest absolute Gasteiger partial charge is 0.387 e. The van der Waals surface area contributed by atoms with Crippen LogP contribution in [0.1, 0.15) is 10.5 Å². The minimum atomic E-state index is -3.04. The lowest BCUT2D eigenvalue weighted by Gasteiger charge is -2.15. The van der Waals surface area contributed by atoms with Gasteiger partial charge in [-0.25, -0.2) is 9.97 Å². The Hall–Kier alpha value is -4.21. The lowest BCUT2D eigenvalue weighted by atomic mass is 10.1. The van der Waals surface area contributed by atoms with Gasteiger partial charge in [-0.3, -0.25) is 19.1 Å². The molecule has 10 heteroatoms. The molecule has 2 heterocycles. The van der Waals surface area contributed by atoms with Gasteiger partial charge in [0.2, 0.25) is 0 Å². The lowest BCUT2D eigenvalue weighted by molar-refractivity contribution is -0.0494. The average Bonchev–Trinajstić information content (AvgIpc) is 2.77. The van der Waals surface area contributed by atoms with E-state index < -0.39 is 18.1 Å². The average molecular weight is 423 g/mol. The molecule has 4 rings (SSSR count). The summed E-state index contributed by atoms with van der Waals surface area (Å²) >= 11 is 0. The van der Waals surface area contributed by atoms with Crippen molar-refractivity contribution < 1.29 is 18.3 Å². The molecule has 0 bridgehead atoms. The molecule has 1 amide bonds. The van der Waals surface area contributed by atoms with Crippen LogP contribution in [0, 0.1) is 0 Å². The molecule has 0 radical (unpaired) electrons. The van der Waals surface area contributed by atoms with E-state index in [0.29, 0.717) is 0 Å². The van der Waals surface area contributed by atoms with Crippen molar-refractivity contribution in [2.45, 2.75) is 6.61 Å². The van der Waals surface area contributed by atoms with Gasteiger partial charge in [0.05, 0.1) is 22.8 Å². The monoisotopic (exact) mass is 423 g/mol. The van der Waals surface area contributed by atoms with Gasteiger partial charge in [0.25, 0.3) is 11.5 Å². The number of hydrogen-bond acceptors (Lipinski definition) is 6. The van der Waals surface area contributed by atoms with Crippen molar-refractivity contribution in [1.29, 1.82) is 0 Å². The van der Waals surface area contributed by atoms with Crippen LogP contribution >= 0.6 is 0 Å². The number of halogens is 2. The van der Waals surface area contributed by atoms with Crippen molar-refractivity contribution in [3.63, 3.8) is 0 Å². The normalized spacial score (nSPS) is 11.0. The number of ether oxygens (including phenoxy) is 1. The quantitative estimate of drug-likeness (QED) is 0.529. The molecule has 1 N–H and O–H groups in total. The van der Waals surface area contributed by atoms with Crippen molar-refractivity contribution in [1.82, 2.24) is 19.5 Å². The van der Waals surface area contributed by atoms with Crippen molar-refractivity contribution in [2.24, 2.45) is 7.05 Å². The van der Waals surface area contributed by atoms with Crippen LogP contribution in [0.25, 0.3) is 22.3 Å². The fourth-order valence-electron chi connectivity index (χ4n) is 3.09. The number of carbonyl (C=O) groups excluding carboxylic acids is 1. The van der Waals surface area contributed by atoms with Gasteiger partial charge in [0.1, 0.15) is 22.8 Å². The summed E-state index contributed by atoms with van der Waals surface area (Å²) in [5, 5.41) is 2.92. The predicted molar refractivity (Wildman–Crippen MR) is 109 cm³/mol. The van der Waals surface area contributed by atoms with Gasteiger partial charge in [-0.05, 0) is 24.3 Å². The summed E-state index contributed by atoms with van der Waals surface area (Å²) in [5.74, 6) is -0.554. The SMILES string of the molecule is Cn1c(-c2ccccc2OC(F)F)nc2c(NC(=O)c3cnccn3)cccc2c1=O. The van der Waals surface area contributed by atoms with E-state index >= 15 is 0 Å². The predicted octanol–water partition coefficient (Wildman–Crippen LogP) is 3.24. The summed E-state index contributed by atoms with van der Waals surface area (Å²) < 4.78 is 31.5. The minimum Gasteiger partial charge on any atom is -0.434 e. The van der Waals surface area contributed by atoms with Gasteiger partial charge in [0.15, 0.2) is 0 Å². The number of hydrogen-bond donors (Lipinski definition) is 1. The van der Waals surface area contributed by atoms with Crippen LogP contribution in [-0.2, 0) is 7.05 Å². The van der Waals surface area contributed by atoms with E-state index in [0.717, 1.165) is 0 Å². The molecule has 0 atom stereocenters. The number of fused-ring (bicyclic) bond motifs is 1. The summed E-state index contributed by atoms with van der Waals surface area (Å²) in [6.07, 6.45) is 4.12. The first kappa shape index (κ1) is 20.1. The van der Waals surface area contributed by atoms with E-state index in [2.05, 4.69) is 25.0 Å². The number of benzene rings is 2. The largest absolute Gasteiger partial charge is 0.434 e. The number of aromatic nitrogens is 4. The Balaban J connectivity index is 1.87. The third-order valence-corrected chi connectivity index (χ3v) is 4.49. The van der Waals surface area contributed by atoms with Crippen LogP contribution in [0.2, 0.25) is 0 Å². The molecule has 8 nitrogen and oxygen atoms in total. The first-order chi connectivity index (χ1) is 15.0. The van der Waals surface area contributed by atoms with Crippen LogP contribution in [0.5, 0.6) is 5.75 Å². The third kappa shape index (κ3) is 3.95. The topological polar surface area (TPSA) is 99.0 Å². The Kier molecular flexibility index (Phi) is 5.35.